The Hall–Kier alpha value is -1.80. The van der Waals surface area contributed by atoms with Gasteiger partial charge in [-0.1, -0.05) is 12.1 Å². The van der Waals surface area contributed by atoms with E-state index in [1.807, 2.05) is 6.07 Å². The number of hydrogen-bond donors (Lipinski definition) is 1. The lowest BCUT2D eigenvalue weighted by Crippen LogP contribution is -2.44. The maximum absolute atomic E-state index is 12.7. The van der Waals surface area contributed by atoms with E-state index in [1.165, 1.54) is 4.90 Å². The summed E-state index contributed by atoms with van der Waals surface area (Å²) >= 11 is 5.10. The van der Waals surface area contributed by atoms with Gasteiger partial charge in [-0.25, -0.2) is 0 Å². The van der Waals surface area contributed by atoms with Crippen molar-refractivity contribution in [3.63, 3.8) is 0 Å². The van der Waals surface area contributed by atoms with Crippen LogP contribution in [0, 0.1) is 6.92 Å². The first kappa shape index (κ1) is 16.6. The zero-order chi connectivity index (χ0) is 16.5. The van der Waals surface area contributed by atoms with Gasteiger partial charge in [0.15, 0.2) is 5.11 Å². The Balaban J connectivity index is 2.41. The van der Waals surface area contributed by atoms with Gasteiger partial charge in [0.1, 0.15) is 0 Å². The molecule has 2 rings (SSSR count). The van der Waals surface area contributed by atoms with Crippen molar-refractivity contribution in [3.05, 3.63) is 29.3 Å². The second-order valence-corrected chi connectivity index (χ2v) is 6.31. The fourth-order valence-corrected chi connectivity index (χ4v) is 2.86. The Bertz CT molecular complexity index is 760. The minimum absolute atomic E-state index is 0.0927. The predicted octanol–water partition coefficient (Wildman–Crippen LogP) is 1.68. The number of hydrogen-bond acceptors (Lipinski definition) is 5. The molecule has 6 nitrogen and oxygen atoms in total. The number of likely N-dealkylation sites (N-methyl/N-ethyl adjacent to an activating group) is 1. The molecule has 1 saturated carbocycles. The summed E-state index contributed by atoms with van der Waals surface area (Å²) in [6, 6.07) is 5.31. The van der Waals surface area contributed by atoms with E-state index in [9.17, 15) is 13.2 Å². The molecule has 0 aromatic heterocycles. The van der Waals surface area contributed by atoms with Crippen LogP contribution < -0.4 is 5.32 Å². The molecule has 1 aromatic carbocycles. The lowest BCUT2D eigenvalue weighted by molar-refractivity contribution is -0.129. The molecule has 0 saturated heterocycles. The Kier molecular flexibility index (Phi) is 4.62. The third-order valence-corrected chi connectivity index (χ3v) is 4.74. The van der Waals surface area contributed by atoms with Crippen molar-refractivity contribution >= 4 is 39.4 Å². The number of aryl methyl sites for hydroxylation is 1. The van der Waals surface area contributed by atoms with E-state index in [0.717, 1.165) is 11.1 Å². The normalized spacial score (nSPS) is 14.9. The molecular formula is C14H17N3O3S2. The standard InChI is InChI=1S/C14H17N3O3S2/c1-9-4-5-10(8-11(9)16-22(19)20)14(6-7-14)12(18)17(3)13(21)15-2/h4-5,8H,6-7H2,1-3H3,(H,15,21). The van der Waals surface area contributed by atoms with E-state index in [4.69, 9.17) is 12.2 Å². The first-order valence-corrected chi connectivity index (χ1v) is 8.18. The number of benzene rings is 1. The summed E-state index contributed by atoms with van der Waals surface area (Å²) < 4.78 is 25.2. The molecule has 0 bridgehead atoms. The van der Waals surface area contributed by atoms with Crippen LogP contribution in [0.2, 0.25) is 0 Å². The predicted molar refractivity (Wildman–Crippen MR) is 87.5 cm³/mol. The lowest BCUT2D eigenvalue weighted by Gasteiger charge is -2.24. The van der Waals surface area contributed by atoms with Crippen LogP contribution in [0.15, 0.2) is 22.6 Å². The molecule has 8 heteroatoms. The third-order valence-electron chi connectivity index (χ3n) is 3.92. The summed E-state index contributed by atoms with van der Waals surface area (Å²) in [6.07, 6.45) is 1.43. The zero-order valence-corrected chi connectivity index (χ0v) is 14.2. The van der Waals surface area contributed by atoms with E-state index >= 15 is 0 Å². The molecule has 1 aromatic rings. The topological polar surface area (TPSA) is 78.8 Å². The Morgan fingerprint density at radius 2 is 2.05 bits per heavy atom. The Labute approximate surface area is 136 Å². The number of nitrogens with one attached hydrogen (secondary N) is 1. The highest BCUT2D eigenvalue weighted by molar-refractivity contribution is 7.80. The lowest BCUT2D eigenvalue weighted by atomic mass is 9.93. The second-order valence-electron chi connectivity index (χ2n) is 5.31. The molecule has 0 aliphatic heterocycles. The summed E-state index contributed by atoms with van der Waals surface area (Å²) in [5.74, 6) is -0.0927. The van der Waals surface area contributed by atoms with Crippen molar-refractivity contribution < 1.29 is 13.2 Å². The highest BCUT2D eigenvalue weighted by atomic mass is 32.2. The molecule has 1 amide bonds. The van der Waals surface area contributed by atoms with Crippen molar-refractivity contribution in [2.75, 3.05) is 14.1 Å². The summed E-state index contributed by atoms with van der Waals surface area (Å²) in [5.41, 5.74) is 1.26. The first-order valence-electron chi connectivity index (χ1n) is 6.74. The number of amides is 1. The molecule has 0 unspecified atom stereocenters. The molecule has 1 aliphatic carbocycles. The fourth-order valence-electron chi connectivity index (χ4n) is 2.42. The zero-order valence-electron chi connectivity index (χ0n) is 12.6. The van der Waals surface area contributed by atoms with Crippen LogP contribution in [-0.2, 0) is 20.7 Å². The molecular weight excluding hydrogens is 322 g/mol. The first-order chi connectivity index (χ1) is 10.3. The second kappa shape index (κ2) is 6.13. The number of carbonyl (C=O) groups excluding carboxylic acids is 1. The van der Waals surface area contributed by atoms with Crippen molar-refractivity contribution in [1.82, 2.24) is 10.2 Å². The summed E-state index contributed by atoms with van der Waals surface area (Å²) in [7, 11) is 0.776. The molecule has 0 atom stereocenters. The Morgan fingerprint density at radius 1 is 1.41 bits per heavy atom. The van der Waals surface area contributed by atoms with Gasteiger partial charge in [-0.3, -0.25) is 9.69 Å². The number of nitrogens with zero attached hydrogens (tertiary/aromatic N) is 2. The van der Waals surface area contributed by atoms with Gasteiger partial charge >= 0.3 is 10.5 Å². The molecule has 118 valence electrons. The smallest absolute Gasteiger partial charge is 0.316 e. The maximum Gasteiger partial charge on any atom is 0.316 e. The number of carbonyl (C=O) groups is 1. The van der Waals surface area contributed by atoms with Crippen molar-refractivity contribution in [1.29, 1.82) is 0 Å². The molecule has 1 aliphatic rings. The van der Waals surface area contributed by atoms with Crippen LogP contribution in [0.4, 0.5) is 5.69 Å². The van der Waals surface area contributed by atoms with E-state index < -0.39 is 15.9 Å². The monoisotopic (exact) mass is 339 g/mol. The molecule has 0 radical (unpaired) electrons. The minimum atomic E-state index is -2.52. The van der Waals surface area contributed by atoms with Crippen LogP contribution in [0.25, 0.3) is 0 Å². The van der Waals surface area contributed by atoms with Gasteiger partial charge in [-0.05, 0) is 49.2 Å². The third kappa shape index (κ3) is 3.02. The average Bonchev–Trinajstić information content (AvgIpc) is 3.28. The van der Waals surface area contributed by atoms with Crippen LogP contribution in [0.1, 0.15) is 24.0 Å². The van der Waals surface area contributed by atoms with Crippen molar-refractivity contribution in [3.8, 4) is 0 Å². The highest BCUT2D eigenvalue weighted by Crippen LogP contribution is 2.50. The van der Waals surface area contributed by atoms with Crippen molar-refractivity contribution in [2.24, 2.45) is 4.36 Å². The maximum atomic E-state index is 12.7. The minimum Gasteiger partial charge on any atom is -0.365 e. The van der Waals surface area contributed by atoms with Gasteiger partial charge in [-0.2, -0.15) is 8.42 Å². The number of rotatable bonds is 3. The summed E-state index contributed by atoms with van der Waals surface area (Å²) in [5, 5.41) is 3.14. The molecule has 1 fully saturated rings. The SMILES string of the molecule is CNC(=S)N(C)C(=O)C1(c2ccc(C)c(N=S(=O)=O)c2)CC1. The van der Waals surface area contributed by atoms with Crippen LogP contribution in [0.5, 0.6) is 0 Å². The van der Waals surface area contributed by atoms with Crippen LogP contribution >= 0.6 is 12.2 Å². The highest BCUT2D eigenvalue weighted by Gasteiger charge is 2.53. The Morgan fingerprint density at radius 3 is 2.55 bits per heavy atom. The number of thiocarbonyl (C=S) groups is 1. The molecule has 0 spiro atoms. The quantitative estimate of drug-likeness (QED) is 0.848. The average molecular weight is 339 g/mol. The van der Waals surface area contributed by atoms with Gasteiger partial charge in [0.05, 0.1) is 11.1 Å². The van der Waals surface area contributed by atoms with E-state index in [2.05, 4.69) is 9.68 Å². The summed E-state index contributed by atoms with van der Waals surface area (Å²) in [4.78, 5) is 14.1. The fraction of sp³-hybridized carbons (Fsp3) is 0.429. The molecule has 1 N–H and O–H groups in total. The van der Waals surface area contributed by atoms with Crippen LogP contribution in [-0.4, -0.2) is 38.4 Å². The largest absolute Gasteiger partial charge is 0.365 e. The molecule has 22 heavy (non-hydrogen) atoms. The van der Waals surface area contributed by atoms with E-state index in [-0.39, 0.29) is 5.91 Å². The van der Waals surface area contributed by atoms with Gasteiger partial charge in [0.25, 0.3) is 0 Å². The van der Waals surface area contributed by atoms with Gasteiger partial charge in [0.2, 0.25) is 5.91 Å². The van der Waals surface area contributed by atoms with E-state index in [0.29, 0.717) is 23.6 Å². The van der Waals surface area contributed by atoms with Gasteiger partial charge in [-0.15, -0.1) is 4.36 Å². The van der Waals surface area contributed by atoms with Gasteiger partial charge < -0.3 is 5.32 Å². The van der Waals surface area contributed by atoms with Crippen molar-refractivity contribution in [2.45, 2.75) is 25.2 Å². The van der Waals surface area contributed by atoms with Crippen LogP contribution in [0.3, 0.4) is 0 Å². The summed E-state index contributed by atoms with van der Waals surface area (Å²) in [6.45, 7) is 1.78. The van der Waals surface area contributed by atoms with Gasteiger partial charge in [0, 0.05) is 14.1 Å². The molecule has 0 heterocycles. The van der Waals surface area contributed by atoms with E-state index in [1.54, 1.807) is 33.2 Å².